The number of carbonyl (C=O) groups excluding carboxylic acids is 2. The zero-order valence-corrected chi connectivity index (χ0v) is 19.2. The summed E-state index contributed by atoms with van der Waals surface area (Å²) in [6, 6.07) is 20.4. The summed E-state index contributed by atoms with van der Waals surface area (Å²) in [5.74, 6) is -0.801. The molecule has 10 heteroatoms. The van der Waals surface area contributed by atoms with Gasteiger partial charge in [0.25, 0.3) is 0 Å². The minimum Gasteiger partial charge on any atom is -0.326 e. The molecule has 3 N–H and O–H groups in total. The molecule has 4 rings (SSSR count). The van der Waals surface area contributed by atoms with Crippen molar-refractivity contribution in [3.63, 3.8) is 0 Å². The summed E-state index contributed by atoms with van der Waals surface area (Å²) >= 11 is 7.03. The zero-order chi connectivity index (χ0) is 23.9. The molecule has 172 valence electrons. The highest BCUT2D eigenvalue weighted by Gasteiger charge is 2.23. The number of carbonyl (C=O) groups is 2. The van der Waals surface area contributed by atoms with Crippen LogP contribution >= 0.6 is 22.9 Å². The van der Waals surface area contributed by atoms with Crippen LogP contribution in [0.2, 0.25) is 5.02 Å². The molecule has 0 fully saturated rings. The van der Waals surface area contributed by atoms with Crippen LogP contribution in [0.5, 0.6) is 0 Å². The molecule has 0 saturated heterocycles. The van der Waals surface area contributed by atoms with Crippen molar-refractivity contribution < 1.29 is 14.0 Å². The van der Waals surface area contributed by atoms with E-state index in [1.165, 1.54) is 12.1 Å². The largest absolute Gasteiger partial charge is 0.326 e. The number of rotatable bonds is 7. The molecule has 1 heterocycles. The first-order chi connectivity index (χ1) is 16.5. The van der Waals surface area contributed by atoms with E-state index in [0.717, 1.165) is 16.9 Å². The molecule has 3 amide bonds. The van der Waals surface area contributed by atoms with E-state index < -0.39 is 18.0 Å². The number of nitrogens with one attached hydrogen (secondary N) is 3. The number of halogens is 2. The lowest BCUT2D eigenvalue weighted by atomic mass is 10.1. The van der Waals surface area contributed by atoms with Crippen LogP contribution in [0.15, 0.2) is 78.9 Å². The normalized spacial score (nSPS) is 11.5. The fourth-order valence-electron chi connectivity index (χ4n) is 3.09. The van der Waals surface area contributed by atoms with E-state index in [4.69, 9.17) is 11.6 Å². The molecule has 1 aromatic heterocycles. The molecule has 1 atom stereocenters. The number of amides is 3. The Morgan fingerprint density at radius 1 is 0.912 bits per heavy atom. The summed E-state index contributed by atoms with van der Waals surface area (Å²) < 4.78 is 13.2. The Kier molecular flexibility index (Phi) is 7.46. The first-order valence-corrected chi connectivity index (χ1v) is 11.4. The third-order valence-corrected chi connectivity index (χ3v) is 5.89. The molecule has 0 radical (unpaired) electrons. The van der Waals surface area contributed by atoms with E-state index in [1.54, 1.807) is 36.4 Å². The van der Waals surface area contributed by atoms with Gasteiger partial charge in [0, 0.05) is 22.7 Å². The Hall–Kier alpha value is -3.82. The Morgan fingerprint density at radius 2 is 1.62 bits per heavy atom. The van der Waals surface area contributed by atoms with Crippen molar-refractivity contribution in [3.05, 3.63) is 95.3 Å². The lowest BCUT2D eigenvalue weighted by molar-refractivity contribution is -0.117. The van der Waals surface area contributed by atoms with Crippen LogP contribution in [0.1, 0.15) is 5.56 Å². The molecule has 34 heavy (non-hydrogen) atoms. The maximum Gasteiger partial charge on any atom is 0.319 e. The second-order valence-corrected chi connectivity index (χ2v) is 8.67. The van der Waals surface area contributed by atoms with Crippen LogP contribution in [-0.2, 0) is 11.2 Å². The van der Waals surface area contributed by atoms with Crippen molar-refractivity contribution >= 4 is 45.7 Å². The lowest BCUT2D eigenvalue weighted by Gasteiger charge is -2.18. The van der Waals surface area contributed by atoms with Gasteiger partial charge in [-0.2, -0.15) is 0 Å². The Balaban J connectivity index is 1.46. The molecule has 0 saturated carbocycles. The Bertz CT molecular complexity index is 1270. The number of aromatic nitrogens is 2. The van der Waals surface area contributed by atoms with E-state index in [-0.39, 0.29) is 17.4 Å². The second-order valence-electron chi connectivity index (χ2n) is 7.26. The molecule has 3 aromatic carbocycles. The Labute approximate surface area is 204 Å². The number of hydrogen-bond acceptors (Lipinski definition) is 5. The average molecular weight is 496 g/mol. The molecular formula is C24H19ClFN5O2S. The van der Waals surface area contributed by atoms with Gasteiger partial charge >= 0.3 is 6.03 Å². The van der Waals surface area contributed by atoms with Crippen LogP contribution in [0, 0.1) is 5.82 Å². The smallest absolute Gasteiger partial charge is 0.319 e. The van der Waals surface area contributed by atoms with Gasteiger partial charge in [0.2, 0.25) is 11.0 Å². The molecule has 0 aliphatic heterocycles. The van der Waals surface area contributed by atoms with E-state index in [1.807, 2.05) is 30.3 Å². The highest BCUT2D eigenvalue weighted by molar-refractivity contribution is 7.18. The number of hydrogen-bond donors (Lipinski definition) is 3. The molecule has 7 nitrogen and oxygen atoms in total. The van der Waals surface area contributed by atoms with Crippen molar-refractivity contribution in [3.8, 4) is 10.6 Å². The quantitative estimate of drug-likeness (QED) is 0.321. The van der Waals surface area contributed by atoms with Gasteiger partial charge in [-0.1, -0.05) is 53.3 Å². The molecule has 0 aliphatic rings. The fraction of sp³-hybridized carbons (Fsp3) is 0.0833. The van der Waals surface area contributed by atoms with Crippen molar-refractivity contribution in [1.29, 1.82) is 0 Å². The van der Waals surface area contributed by atoms with Crippen LogP contribution in [-0.4, -0.2) is 28.2 Å². The predicted molar refractivity (Wildman–Crippen MR) is 131 cm³/mol. The van der Waals surface area contributed by atoms with Gasteiger partial charge in [-0.15, -0.1) is 10.2 Å². The SMILES string of the molecule is O=C(Nc1ccc(Cl)cc1)NC(Cc1ccccc1)C(=O)Nc1nnc(-c2ccc(F)cc2)s1. The highest BCUT2D eigenvalue weighted by Crippen LogP contribution is 2.26. The first-order valence-electron chi connectivity index (χ1n) is 10.2. The predicted octanol–water partition coefficient (Wildman–Crippen LogP) is 5.37. The summed E-state index contributed by atoms with van der Waals surface area (Å²) in [4.78, 5) is 25.6. The standard InChI is InChI=1S/C24H19ClFN5O2S/c25-17-8-12-19(13-9-17)27-23(33)28-20(14-15-4-2-1-3-5-15)21(32)29-24-31-30-22(34-24)16-6-10-18(26)11-7-16/h1-13,20H,14H2,(H2,27,28,33)(H,29,31,32). The maximum atomic E-state index is 13.2. The van der Waals surface area contributed by atoms with E-state index >= 15 is 0 Å². The average Bonchev–Trinajstić information content (AvgIpc) is 3.29. The summed E-state index contributed by atoms with van der Waals surface area (Å²) in [6.45, 7) is 0. The lowest BCUT2D eigenvalue weighted by Crippen LogP contribution is -2.46. The number of anilines is 2. The summed E-state index contributed by atoms with van der Waals surface area (Å²) in [5, 5.41) is 17.5. The molecule has 0 spiro atoms. The van der Waals surface area contributed by atoms with Gasteiger partial charge in [-0.05, 0) is 54.1 Å². The molecular weight excluding hydrogens is 477 g/mol. The minimum atomic E-state index is -0.882. The number of urea groups is 1. The molecule has 0 bridgehead atoms. The van der Waals surface area contributed by atoms with E-state index in [2.05, 4.69) is 26.1 Å². The minimum absolute atomic E-state index is 0.266. The van der Waals surface area contributed by atoms with E-state index in [9.17, 15) is 14.0 Å². The molecule has 4 aromatic rings. The fourth-order valence-corrected chi connectivity index (χ4v) is 3.97. The highest BCUT2D eigenvalue weighted by atomic mass is 35.5. The third-order valence-electron chi connectivity index (χ3n) is 4.75. The molecule has 0 aliphatic carbocycles. The summed E-state index contributed by atoms with van der Waals surface area (Å²) in [6.07, 6.45) is 0.268. The zero-order valence-electron chi connectivity index (χ0n) is 17.7. The summed E-state index contributed by atoms with van der Waals surface area (Å²) in [5.41, 5.74) is 2.09. The summed E-state index contributed by atoms with van der Waals surface area (Å²) in [7, 11) is 0. The van der Waals surface area contributed by atoms with Gasteiger partial charge in [-0.3, -0.25) is 10.1 Å². The monoisotopic (exact) mass is 495 g/mol. The van der Waals surface area contributed by atoms with Crippen molar-refractivity contribution in [1.82, 2.24) is 15.5 Å². The Morgan fingerprint density at radius 3 is 2.32 bits per heavy atom. The third kappa shape index (κ3) is 6.37. The van der Waals surface area contributed by atoms with Crippen LogP contribution < -0.4 is 16.0 Å². The van der Waals surface area contributed by atoms with Gasteiger partial charge in [0.1, 0.15) is 16.9 Å². The second kappa shape index (κ2) is 10.9. The topological polar surface area (TPSA) is 96.0 Å². The van der Waals surface area contributed by atoms with Crippen LogP contribution in [0.4, 0.5) is 20.0 Å². The first kappa shape index (κ1) is 23.3. The van der Waals surface area contributed by atoms with Gasteiger partial charge in [-0.25, -0.2) is 9.18 Å². The van der Waals surface area contributed by atoms with Gasteiger partial charge in [0.05, 0.1) is 0 Å². The van der Waals surface area contributed by atoms with E-state index in [0.29, 0.717) is 21.3 Å². The number of nitrogens with zero attached hydrogens (tertiary/aromatic N) is 2. The molecule has 1 unspecified atom stereocenters. The van der Waals surface area contributed by atoms with Crippen molar-refractivity contribution in [2.75, 3.05) is 10.6 Å². The van der Waals surface area contributed by atoms with Gasteiger partial charge < -0.3 is 10.6 Å². The van der Waals surface area contributed by atoms with Crippen molar-refractivity contribution in [2.45, 2.75) is 12.5 Å². The number of benzene rings is 3. The van der Waals surface area contributed by atoms with Crippen LogP contribution in [0.3, 0.4) is 0 Å². The maximum absolute atomic E-state index is 13.2. The van der Waals surface area contributed by atoms with Crippen LogP contribution in [0.25, 0.3) is 10.6 Å². The van der Waals surface area contributed by atoms with Gasteiger partial charge in [0.15, 0.2) is 0 Å². The van der Waals surface area contributed by atoms with Crippen molar-refractivity contribution in [2.24, 2.45) is 0 Å².